The highest BCUT2D eigenvalue weighted by Gasteiger charge is 2.21. The van der Waals surface area contributed by atoms with Gasteiger partial charge in [-0.05, 0) is 49.6 Å². The van der Waals surface area contributed by atoms with Crippen LogP contribution in [0.2, 0.25) is 0 Å². The van der Waals surface area contributed by atoms with Gasteiger partial charge in [-0.3, -0.25) is 9.59 Å². The summed E-state index contributed by atoms with van der Waals surface area (Å²) in [5.74, 6) is -0.449. The van der Waals surface area contributed by atoms with E-state index in [0.717, 1.165) is 25.7 Å². The average Bonchev–Trinajstić information content (AvgIpc) is 2.71. The second kappa shape index (κ2) is 10.4. The highest BCUT2D eigenvalue weighted by molar-refractivity contribution is 7.89. The van der Waals surface area contributed by atoms with Crippen LogP contribution in [0.1, 0.15) is 48.9 Å². The zero-order valence-corrected chi connectivity index (χ0v) is 17.1. The van der Waals surface area contributed by atoms with Crippen molar-refractivity contribution >= 4 is 21.8 Å². The van der Waals surface area contributed by atoms with E-state index < -0.39 is 10.0 Å². The molecule has 1 aliphatic rings. The molecule has 1 aromatic carbocycles. The molecule has 0 spiro atoms. The van der Waals surface area contributed by atoms with Gasteiger partial charge in [0.25, 0.3) is 5.91 Å². The van der Waals surface area contributed by atoms with Crippen LogP contribution in [-0.4, -0.2) is 50.7 Å². The minimum atomic E-state index is -3.65. The van der Waals surface area contributed by atoms with Crippen LogP contribution in [0.25, 0.3) is 0 Å². The second-order valence-electron chi connectivity index (χ2n) is 7.01. The van der Waals surface area contributed by atoms with E-state index in [2.05, 4.69) is 17.2 Å². The molecule has 1 aliphatic carbocycles. The van der Waals surface area contributed by atoms with Gasteiger partial charge < -0.3 is 10.6 Å². The van der Waals surface area contributed by atoms with E-state index in [1.807, 2.05) is 0 Å². The van der Waals surface area contributed by atoms with Crippen LogP contribution in [0.3, 0.4) is 0 Å². The Bertz CT molecular complexity index is 784. The molecule has 0 unspecified atom stereocenters. The predicted octanol–water partition coefficient (Wildman–Crippen LogP) is 2.06. The predicted molar refractivity (Wildman–Crippen MR) is 108 cm³/mol. The molecule has 7 nitrogen and oxygen atoms in total. The largest absolute Gasteiger partial charge is 0.353 e. The number of rotatable bonds is 9. The summed E-state index contributed by atoms with van der Waals surface area (Å²) in [4.78, 5) is 23.6. The maximum atomic E-state index is 12.6. The summed E-state index contributed by atoms with van der Waals surface area (Å²) >= 11 is 0. The van der Waals surface area contributed by atoms with Crippen molar-refractivity contribution < 1.29 is 18.0 Å². The van der Waals surface area contributed by atoms with E-state index in [1.54, 1.807) is 12.1 Å². The molecule has 0 heterocycles. The zero-order chi connectivity index (χ0) is 20.6. The molecule has 0 saturated heterocycles. The Morgan fingerprint density at radius 2 is 1.82 bits per heavy atom. The quantitative estimate of drug-likeness (QED) is 0.484. The van der Waals surface area contributed by atoms with Gasteiger partial charge in [0.1, 0.15) is 0 Å². The van der Waals surface area contributed by atoms with Gasteiger partial charge in [0.15, 0.2) is 0 Å². The molecule has 2 N–H and O–H groups in total. The van der Waals surface area contributed by atoms with Gasteiger partial charge in [-0.25, -0.2) is 12.7 Å². The maximum Gasteiger partial charge on any atom is 0.251 e. The molecule has 0 aliphatic heterocycles. The van der Waals surface area contributed by atoms with E-state index >= 15 is 0 Å². The third kappa shape index (κ3) is 6.17. The Morgan fingerprint density at radius 1 is 1.18 bits per heavy atom. The first-order valence-corrected chi connectivity index (χ1v) is 11.1. The monoisotopic (exact) mass is 407 g/mol. The van der Waals surface area contributed by atoms with Crippen LogP contribution in [0.4, 0.5) is 0 Å². The molecule has 0 atom stereocenters. The lowest BCUT2D eigenvalue weighted by Gasteiger charge is -2.22. The number of nitrogens with zero attached hydrogens (tertiary/aromatic N) is 1. The fourth-order valence-corrected chi connectivity index (χ4v) is 4.39. The van der Waals surface area contributed by atoms with Crippen molar-refractivity contribution in [1.82, 2.24) is 14.9 Å². The molecule has 2 rings (SSSR count). The maximum absolute atomic E-state index is 12.6. The average molecular weight is 408 g/mol. The first kappa shape index (κ1) is 22.1. The fourth-order valence-electron chi connectivity index (χ4n) is 3.18. The highest BCUT2D eigenvalue weighted by Crippen LogP contribution is 2.19. The summed E-state index contributed by atoms with van der Waals surface area (Å²) in [5, 5.41) is 5.63. The van der Waals surface area contributed by atoms with Crippen molar-refractivity contribution in [3.05, 3.63) is 42.5 Å². The molecule has 1 saturated carbocycles. The van der Waals surface area contributed by atoms with Gasteiger partial charge in [0, 0.05) is 31.7 Å². The van der Waals surface area contributed by atoms with E-state index in [-0.39, 0.29) is 29.3 Å². The summed E-state index contributed by atoms with van der Waals surface area (Å²) < 4.78 is 26.5. The summed E-state index contributed by atoms with van der Waals surface area (Å²) in [6.45, 7) is 3.99. The lowest BCUT2D eigenvalue weighted by atomic mass is 9.95. The molecule has 154 valence electrons. The standard InChI is InChI=1S/C20H29N3O4S/c1-3-19(24)21-14-7-15-23(2)28(26,27)18-12-10-16(11-13-18)20(25)22-17-8-5-4-6-9-17/h3,10-13,17H,1,4-9,14-15H2,2H3,(H,21,24)(H,22,25). The van der Waals surface area contributed by atoms with E-state index in [1.165, 1.54) is 36.0 Å². The highest BCUT2D eigenvalue weighted by atomic mass is 32.2. The van der Waals surface area contributed by atoms with Crippen molar-refractivity contribution in [1.29, 1.82) is 0 Å². The van der Waals surface area contributed by atoms with Crippen LogP contribution in [0, 0.1) is 0 Å². The van der Waals surface area contributed by atoms with Crippen LogP contribution in [-0.2, 0) is 14.8 Å². The molecule has 8 heteroatoms. The molecule has 2 amide bonds. The van der Waals surface area contributed by atoms with E-state index in [4.69, 9.17) is 0 Å². The normalized spacial score (nSPS) is 15.2. The number of carbonyl (C=O) groups is 2. The molecular formula is C20H29N3O4S. The van der Waals surface area contributed by atoms with Crippen molar-refractivity contribution in [2.45, 2.75) is 49.5 Å². The first-order chi connectivity index (χ1) is 13.3. The molecule has 1 fully saturated rings. The van der Waals surface area contributed by atoms with Crippen LogP contribution >= 0.6 is 0 Å². The van der Waals surface area contributed by atoms with E-state index in [9.17, 15) is 18.0 Å². The number of benzene rings is 1. The van der Waals surface area contributed by atoms with Gasteiger partial charge >= 0.3 is 0 Å². The topological polar surface area (TPSA) is 95.6 Å². The Morgan fingerprint density at radius 3 is 2.43 bits per heavy atom. The minimum Gasteiger partial charge on any atom is -0.353 e. The molecule has 0 radical (unpaired) electrons. The fraction of sp³-hybridized carbons (Fsp3) is 0.500. The minimum absolute atomic E-state index is 0.138. The molecule has 0 bridgehead atoms. The van der Waals surface area contributed by atoms with Gasteiger partial charge in [0.2, 0.25) is 15.9 Å². The summed E-state index contributed by atoms with van der Waals surface area (Å²) in [6, 6.07) is 6.21. The third-order valence-corrected chi connectivity index (χ3v) is 6.77. The molecular weight excluding hydrogens is 378 g/mol. The number of hydrogen-bond acceptors (Lipinski definition) is 4. The van der Waals surface area contributed by atoms with Crippen LogP contribution in [0.5, 0.6) is 0 Å². The van der Waals surface area contributed by atoms with Crippen molar-refractivity contribution in [2.24, 2.45) is 0 Å². The molecule has 28 heavy (non-hydrogen) atoms. The number of amides is 2. The SMILES string of the molecule is C=CC(=O)NCCCN(C)S(=O)(=O)c1ccc(C(=O)NC2CCCCC2)cc1. The van der Waals surface area contributed by atoms with Gasteiger partial charge in [-0.15, -0.1) is 0 Å². The Labute approximate surface area is 167 Å². The number of nitrogens with one attached hydrogen (secondary N) is 2. The zero-order valence-electron chi connectivity index (χ0n) is 16.3. The lowest BCUT2D eigenvalue weighted by Crippen LogP contribution is -2.36. The second-order valence-corrected chi connectivity index (χ2v) is 9.05. The van der Waals surface area contributed by atoms with Crippen LogP contribution in [0.15, 0.2) is 41.8 Å². The number of carbonyl (C=O) groups excluding carboxylic acids is 2. The summed E-state index contributed by atoms with van der Waals surface area (Å²) in [5.41, 5.74) is 0.458. The molecule has 0 aromatic heterocycles. The van der Waals surface area contributed by atoms with E-state index in [0.29, 0.717) is 18.5 Å². The smallest absolute Gasteiger partial charge is 0.251 e. The van der Waals surface area contributed by atoms with Gasteiger partial charge in [-0.2, -0.15) is 0 Å². The Balaban J connectivity index is 1.91. The molecule has 1 aromatic rings. The third-order valence-electron chi connectivity index (χ3n) is 4.90. The summed E-state index contributed by atoms with van der Waals surface area (Å²) in [6.07, 6.45) is 7.13. The summed E-state index contributed by atoms with van der Waals surface area (Å²) in [7, 11) is -2.15. The number of hydrogen-bond donors (Lipinski definition) is 2. The lowest BCUT2D eigenvalue weighted by molar-refractivity contribution is -0.116. The van der Waals surface area contributed by atoms with Gasteiger partial charge in [-0.1, -0.05) is 25.8 Å². The van der Waals surface area contributed by atoms with Crippen LogP contribution < -0.4 is 10.6 Å². The van der Waals surface area contributed by atoms with Gasteiger partial charge in [0.05, 0.1) is 4.90 Å². The first-order valence-electron chi connectivity index (χ1n) is 9.62. The van der Waals surface area contributed by atoms with Crippen molar-refractivity contribution in [3.8, 4) is 0 Å². The Kier molecular flexibility index (Phi) is 8.19. The number of sulfonamides is 1. The van der Waals surface area contributed by atoms with Crippen molar-refractivity contribution in [2.75, 3.05) is 20.1 Å². The van der Waals surface area contributed by atoms with Crippen molar-refractivity contribution in [3.63, 3.8) is 0 Å². The Hall–Kier alpha value is -2.19.